The van der Waals surface area contributed by atoms with E-state index in [1.54, 1.807) is 0 Å². The van der Waals surface area contributed by atoms with Crippen molar-refractivity contribution in [2.24, 2.45) is 0 Å². The lowest BCUT2D eigenvalue weighted by Crippen LogP contribution is -2.02. The predicted octanol–water partition coefficient (Wildman–Crippen LogP) is 14.5. The van der Waals surface area contributed by atoms with E-state index >= 15 is 0 Å². The molecule has 0 aliphatic heterocycles. The molecule has 254 valence electrons. The molecule has 0 unspecified atom stereocenters. The number of para-hydroxylation sites is 2. The topological polar surface area (TPSA) is 13.1 Å². The molecular weight excluding hydrogens is 673 g/mol. The molecule has 1 heterocycles. The Morgan fingerprint density at radius 1 is 0.370 bits per heavy atom. The molecule has 0 atom stereocenters. The fourth-order valence-electron chi connectivity index (χ4n) is 7.94. The Morgan fingerprint density at radius 2 is 0.907 bits per heavy atom. The Hall–Kier alpha value is -6.79. The van der Waals surface area contributed by atoms with Gasteiger partial charge in [0.05, 0.1) is 4.90 Å². The maximum Gasteiger partial charge on any atom is 0.148 e. The fraction of sp³-hybridized carbons (Fsp3) is 0. The molecule has 10 aromatic rings. The molecule has 2 heteroatoms. The maximum absolute atomic E-state index is 6.80. The van der Waals surface area contributed by atoms with Crippen LogP contribution in [0, 0.1) is 11.2 Å². The van der Waals surface area contributed by atoms with Crippen molar-refractivity contribution in [1.29, 1.82) is 0 Å². The van der Waals surface area contributed by atoms with E-state index in [0.29, 0.717) is 0 Å². The van der Waals surface area contributed by atoms with Crippen LogP contribution in [0.4, 0.5) is 0 Å². The Kier molecular flexibility index (Phi) is 7.87. The molecular formula is C52H34OS. The first-order valence-electron chi connectivity index (χ1n) is 18.3. The summed E-state index contributed by atoms with van der Waals surface area (Å²) >= 11 is 0. The highest BCUT2D eigenvalue weighted by molar-refractivity contribution is 8.37. The van der Waals surface area contributed by atoms with Crippen LogP contribution in [0.5, 0.6) is 0 Å². The first kappa shape index (κ1) is 31.9. The van der Waals surface area contributed by atoms with Gasteiger partial charge < -0.3 is 4.42 Å². The minimum atomic E-state index is -2.21. The van der Waals surface area contributed by atoms with Crippen LogP contribution in [0.15, 0.2) is 225 Å². The SMILES string of the molecule is C(#CS(c1ccccc1)(c1ccccc1)c1cccc2c1oc1ccccc12)c1c2ccccc2c(-c2ccccc2)c2cc(-c3ccccc3)ccc12. The third-order valence-electron chi connectivity index (χ3n) is 10.4. The number of fused-ring (bicyclic) bond motifs is 5. The second kappa shape index (κ2) is 13.3. The van der Waals surface area contributed by atoms with Gasteiger partial charge in [0.2, 0.25) is 0 Å². The van der Waals surface area contributed by atoms with Crippen LogP contribution in [0.1, 0.15) is 5.56 Å². The molecule has 1 nitrogen and oxygen atoms in total. The number of benzene rings is 9. The van der Waals surface area contributed by atoms with Crippen LogP contribution in [0.3, 0.4) is 0 Å². The van der Waals surface area contributed by atoms with Crippen molar-refractivity contribution >= 4 is 53.5 Å². The molecule has 0 aliphatic carbocycles. The lowest BCUT2D eigenvalue weighted by atomic mass is 9.87. The minimum absolute atomic E-state index is 0.880. The molecule has 0 N–H and O–H groups in total. The highest BCUT2D eigenvalue weighted by atomic mass is 32.3. The van der Waals surface area contributed by atoms with Crippen molar-refractivity contribution in [3.05, 3.63) is 212 Å². The first-order chi connectivity index (χ1) is 26.8. The third-order valence-corrected chi connectivity index (χ3v) is 13.8. The second-order valence-electron chi connectivity index (χ2n) is 13.5. The summed E-state index contributed by atoms with van der Waals surface area (Å²) in [5, 5.41) is 11.0. The van der Waals surface area contributed by atoms with Crippen LogP contribution >= 0.6 is 10.0 Å². The standard InChI is InChI=1S/C52H34OS/c1-5-18-37(19-6-1)39-32-33-43-44(42-26-13-14-28-46(42)51(48(43)36-39)38-20-7-2-8-21-38)34-35-54(40-22-9-3-10-23-40,41-24-11-4-12-25-41)50-31-17-29-47-45-27-15-16-30-49(45)53-52(47)50/h1-33,36H. The summed E-state index contributed by atoms with van der Waals surface area (Å²) in [6.07, 6.45) is 0. The number of hydrogen-bond acceptors (Lipinski definition) is 1. The van der Waals surface area contributed by atoms with E-state index in [0.717, 1.165) is 53.0 Å². The van der Waals surface area contributed by atoms with E-state index in [4.69, 9.17) is 4.42 Å². The van der Waals surface area contributed by atoms with Gasteiger partial charge in [-0.05, 0) is 91.5 Å². The normalized spacial score (nSPS) is 11.9. The second-order valence-corrected chi connectivity index (χ2v) is 16.3. The maximum atomic E-state index is 6.80. The minimum Gasteiger partial charge on any atom is -0.455 e. The molecule has 0 saturated heterocycles. The van der Waals surface area contributed by atoms with Crippen LogP contribution < -0.4 is 0 Å². The summed E-state index contributed by atoms with van der Waals surface area (Å²) in [6.45, 7) is 0. The van der Waals surface area contributed by atoms with E-state index in [1.165, 1.54) is 33.0 Å². The smallest absolute Gasteiger partial charge is 0.148 e. The van der Waals surface area contributed by atoms with Crippen molar-refractivity contribution in [2.45, 2.75) is 14.7 Å². The molecule has 0 radical (unpaired) electrons. The van der Waals surface area contributed by atoms with Crippen molar-refractivity contribution < 1.29 is 4.42 Å². The fourth-order valence-corrected chi connectivity index (χ4v) is 11.2. The van der Waals surface area contributed by atoms with Crippen LogP contribution in [-0.2, 0) is 0 Å². The van der Waals surface area contributed by atoms with Crippen molar-refractivity contribution in [3.8, 4) is 33.4 Å². The van der Waals surface area contributed by atoms with Gasteiger partial charge in [0.1, 0.15) is 11.2 Å². The first-order valence-corrected chi connectivity index (χ1v) is 19.9. The van der Waals surface area contributed by atoms with Gasteiger partial charge in [-0.2, -0.15) is 0 Å². The molecule has 10 rings (SSSR count). The average molecular weight is 707 g/mol. The van der Waals surface area contributed by atoms with E-state index < -0.39 is 10.0 Å². The van der Waals surface area contributed by atoms with Gasteiger partial charge in [-0.3, -0.25) is 0 Å². The van der Waals surface area contributed by atoms with Crippen LogP contribution in [-0.4, -0.2) is 0 Å². The lowest BCUT2D eigenvalue weighted by molar-refractivity contribution is 0.660. The number of rotatable bonds is 5. The molecule has 1 aromatic heterocycles. The molecule has 0 spiro atoms. The summed E-state index contributed by atoms with van der Waals surface area (Å²) in [5.41, 5.74) is 7.58. The third kappa shape index (κ3) is 5.21. The van der Waals surface area contributed by atoms with Gasteiger partial charge in [0.15, 0.2) is 0 Å². The monoisotopic (exact) mass is 706 g/mol. The quantitative estimate of drug-likeness (QED) is 0.128. The summed E-state index contributed by atoms with van der Waals surface area (Å²) in [6, 6.07) is 73.6. The molecule has 0 amide bonds. The highest BCUT2D eigenvalue weighted by Crippen LogP contribution is 2.69. The largest absolute Gasteiger partial charge is 0.455 e. The van der Waals surface area contributed by atoms with Crippen LogP contribution in [0.2, 0.25) is 0 Å². The average Bonchev–Trinajstić information content (AvgIpc) is 3.64. The van der Waals surface area contributed by atoms with Crippen molar-refractivity contribution in [3.63, 3.8) is 0 Å². The number of furan rings is 1. The van der Waals surface area contributed by atoms with Gasteiger partial charge in [-0.15, -0.1) is 0 Å². The summed E-state index contributed by atoms with van der Waals surface area (Å²) in [4.78, 5) is 3.43. The zero-order valence-corrected chi connectivity index (χ0v) is 30.3. The van der Waals surface area contributed by atoms with Crippen molar-refractivity contribution in [1.82, 2.24) is 0 Å². The molecule has 9 aromatic carbocycles. The lowest BCUT2D eigenvalue weighted by Gasteiger charge is -2.36. The van der Waals surface area contributed by atoms with Gasteiger partial charge >= 0.3 is 0 Å². The zero-order valence-electron chi connectivity index (χ0n) is 29.4. The van der Waals surface area contributed by atoms with Gasteiger partial charge in [0.25, 0.3) is 0 Å². The highest BCUT2D eigenvalue weighted by Gasteiger charge is 2.33. The Labute approximate surface area is 316 Å². The van der Waals surface area contributed by atoms with Gasteiger partial charge in [-0.1, -0.05) is 180 Å². The molecule has 0 fully saturated rings. The van der Waals surface area contributed by atoms with Gasteiger partial charge in [-0.25, -0.2) is 0 Å². The molecule has 0 bridgehead atoms. The van der Waals surface area contributed by atoms with Crippen molar-refractivity contribution in [2.75, 3.05) is 0 Å². The molecule has 54 heavy (non-hydrogen) atoms. The molecule has 0 saturated carbocycles. The van der Waals surface area contributed by atoms with E-state index in [1.807, 2.05) is 6.07 Å². The summed E-state index contributed by atoms with van der Waals surface area (Å²) in [7, 11) is -2.21. The van der Waals surface area contributed by atoms with Gasteiger partial charge in [0, 0.05) is 26.1 Å². The van der Waals surface area contributed by atoms with Crippen LogP contribution in [0.25, 0.3) is 65.7 Å². The van der Waals surface area contributed by atoms with E-state index in [2.05, 4.69) is 211 Å². The van der Waals surface area contributed by atoms with E-state index in [-0.39, 0.29) is 0 Å². The zero-order chi connectivity index (χ0) is 35.9. The Bertz CT molecular complexity index is 2990. The Morgan fingerprint density at radius 3 is 1.59 bits per heavy atom. The summed E-state index contributed by atoms with van der Waals surface area (Å²) < 4.78 is 6.80. The van der Waals surface area contributed by atoms with E-state index in [9.17, 15) is 0 Å². The number of hydrogen-bond donors (Lipinski definition) is 0. The predicted molar refractivity (Wildman–Crippen MR) is 228 cm³/mol. The molecule has 0 aliphatic rings. The summed E-state index contributed by atoms with van der Waals surface area (Å²) in [5.74, 6) is 3.95. The Balaban J connectivity index is 1.34.